The topological polar surface area (TPSA) is 52.1 Å². The summed E-state index contributed by atoms with van der Waals surface area (Å²) in [5.41, 5.74) is 0. The summed E-state index contributed by atoms with van der Waals surface area (Å²) >= 11 is 0. The van der Waals surface area contributed by atoms with E-state index in [2.05, 4.69) is 53.2 Å². The summed E-state index contributed by atoms with van der Waals surface area (Å²) in [6.45, 7) is 14.4. The Morgan fingerprint density at radius 1 is 1.26 bits per heavy atom. The molecule has 6 nitrogen and oxygen atoms in total. The SMILES string of the molecule is CCN(C)CCNC(=NC)NCC(C(C)C)N1CCOCC1.I. The molecule has 0 spiro atoms. The van der Waals surface area contributed by atoms with Gasteiger partial charge in [-0.3, -0.25) is 9.89 Å². The molecule has 0 aromatic heterocycles. The highest BCUT2D eigenvalue weighted by atomic mass is 127. The van der Waals surface area contributed by atoms with Gasteiger partial charge in [0.1, 0.15) is 0 Å². The van der Waals surface area contributed by atoms with E-state index in [4.69, 9.17) is 4.74 Å². The van der Waals surface area contributed by atoms with E-state index in [1.165, 1.54) is 0 Å². The van der Waals surface area contributed by atoms with Crippen LogP contribution in [-0.2, 0) is 4.74 Å². The molecule has 1 fully saturated rings. The van der Waals surface area contributed by atoms with Gasteiger partial charge in [-0.25, -0.2) is 0 Å². The molecule has 1 unspecified atom stereocenters. The van der Waals surface area contributed by atoms with Crippen LogP contribution in [0.15, 0.2) is 4.99 Å². The van der Waals surface area contributed by atoms with Gasteiger partial charge in [0.15, 0.2) is 5.96 Å². The van der Waals surface area contributed by atoms with Crippen molar-refractivity contribution in [1.29, 1.82) is 0 Å². The molecule has 23 heavy (non-hydrogen) atoms. The fourth-order valence-electron chi connectivity index (χ4n) is 2.64. The smallest absolute Gasteiger partial charge is 0.191 e. The normalized spacial score (nSPS) is 18.0. The predicted molar refractivity (Wildman–Crippen MR) is 109 cm³/mol. The Kier molecular flexibility index (Phi) is 13.1. The third-order valence-electron chi connectivity index (χ3n) is 4.31. The van der Waals surface area contributed by atoms with Crippen LogP contribution < -0.4 is 10.6 Å². The number of likely N-dealkylation sites (N-methyl/N-ethyl adjacent to an activating group) is 1. The van der Waals surface area contributed by atoms with Gasteiger partial charge in [0.05, 0.1) is 13.2 Å². The third-order valence-corrected chi connectivity index (χ3v) is 4.31. The first-order chi connectivity index (χ1) is 10.6. The average Bonchev–Trinajstić information content (AvgIpc) is 2.53. The van der Waals surface area contributed by atoms with Crippen molar-refractivity contribution in [3.05, 3.63) is 0 Å². The molecular formula is C16H36IN5O. The summed E-state index contributed by atoms with van der Waals surface area (Å²) in [6, 6.07) is 0.515. The number of aliphatic imine (C=N–C) groups is 1. The van der Waals surface area contributed by atoms with Crippen molar-refractivity contribution in [3.8, 4) is 0 Å². The highest BCUT2D eigenvalue weighted by Crippen LogP contribution is 2.12. The maximum Gasteiger partial charge on any atom is 0.191 e. The van der Waals surface area contributed by atoms with E-state index in [0.29, 0.717) is 12.0 Å². The summed E-state index contributed by atoms with van der Waals surface area (Å²) < 4.78 is 5.46. The average molecular weight is 441 g/mol. The highest BCUT2D eigenvalue weighted by molar-refractivity contribution is 14.0. The Hall–Kier alpha value is -0.120. The Labute approximate surface area is 159 Å². The standard InChI is InChI=1S/C16H35N5O.HI/c1-6-20(5)8-7-18-16(17-4)19-13-15(14(2)3)21-9-11-22-12-10-21;/h14-15H,6-13H2,1-5H3,(H2,17,18,19);1H. The van der Waals surface area contributed by atoms with Crippen molar-refractivity contribution < 1.29 is 4.74 Å². The van der Waals surface area contributed by atoms with E-state index in [0.717, 1.165) is 58.4 Å². The van der Waals surface area contributed by atoms with Gasteiger partial charge in [0.25, 0.3) is 0 Å². The molecule has 0 radical (unpaired) electrons. The first kappa shape index (κ1) is 22.9. The van der Waals surface area contributed by atoms with Gasteiger partial charge in [-0.1, -0.05) is 20.8 Å². The molecule has 7 heteroatoms. The Bertz CT molecular complexity index is 322. The van der Waals surface area contributed by atoms with Gasteiger partial charge in [0.2, 0.25) is 0 Å². The van der Waals surface area contributed by atoms with Crippen molar-refractivity contribution in [1.82, 2.24) is 20.4 Å². The van der Waals surface area contributed by atoms with Crippen LogP contribution in [0.2, 0.25) is 0 Å². The van der Waals surface area contributed by atoms with Crippen LogP contribution >= 0.6 is 24.0 Å². The molecule has 0 bridgehead atoms. The molecule has 0 aromatic carbocycles. The van der Waals surface area contributed by atoms with Gasteiger partial charge in [-0.15, -0.1) is 24.0 Å². The zero-order valence-electron chi connectivity index (χ0n) is 15.5. The van der Waals surface area contributed by atoms with Crippen LogP contribution in [0.1, 0.15) is 20.8 Å². The van der Waals surface area contributed by atoms with Crippen molar-refractivity contribution >= 4 is 29.9 Å². The van der Waals surface area contributed by atoms with Crippen LogP contribution in [0.5, 0.6) is 0 Å². The molecule has 0 saturated carbocycles. The molecule has 1 aliphatic rings. The van der Waals surface area contributed by atoms with Crippen molar-refractivity contribution in [2.24, 2.45) is 10.9 Å². The first-order valence-electron chi connectivity index (χ1n) is 8.53. The molecule has 1 atom stereocenters. The first-order valence-corrected chi connectivity index (χ1v) is 8.53. The highest BCUT2D eigenvalue weighted by Gasteiger charge is 2.23. The van der Waals surface area contributed by atoms with Crippen LogP contribution in [-0.4, -0.2) is 88.4 Å². The molecule has 1 aliphatic heterocycles. The van der Waals surface area contributed by atoms with Crippen LogP contribution in [0.4, 0.5) is 0 Å². The fraction of sp³-hybridized carbons (Fsp3) is 0.938. The second kappa shape index (κ2) is 13.2. The Balaban J connectivity index is 0.00000484. The minimum Gasteiger partial charge on any atom is -0.379 e. The van der Waals surface area contributed by atoms with Crippen LogP contribution in [0.25, 0.3) is 0 Å². The molecule has 0 aliphatic carbocycles. The second-order valence-electron chi connectivity index (χ2n) is 6.24. The molecule has 1 rings (SSSR count). The lowest BCUT2D eigenvalue weighted by atomic mass is 10.0. The lowest BCUT2D eigenvalue weighted by Gasteiger charge is -2.37. The number of ether oxygens (including phenoxy) is 1. The summed E-state index contributed by atoms with van der Waals surface area (Å²) in [4.78, 5) is 9.13. The molecule has 1 heterocycles. The minimum absolute atomic E-state index is 0. The maximum atomic E-state index is 5.46. The maximum absolute atomic E-state index is 5.46. The zero-order valence-corrected chi connectivity index (χ0v) is 17.8. The number of rotatable bonds is 8. The Morgan fingerprint density at radius 3 is 2.43 bits per heavy atom. The molecule has 138 valence electrons. The number of nitrogens with zero attached hydrogens (tertiary/aromatic N) is 3. The van der Waals surface area contributed by atoms with E-state index >= 15 is 0 Å². The summed E-state index contributed by atoms with van der Waals surface area (Å²) in [5, 5.41) is 6.86. The lowest BCUT2D eigenvalue weighted by Crippen LogP contribution is -2.53. The minimum atomic E-state index is 0. The lowest BCUT2D eigenvalue weighted by molar-refractivity contribution is 0.00752. The summed E-state index contributed by atoms with van der Waals surface area (Å²) in [6.07, 6.45) is 0. The molecule has 0 amide bonds. The van der Waals surface area contributed by atoms with E-state index in [-0.39, 0.29) is 24.0 Å². The zero-order chi connectivity index (χ0) is 16.4. The number of hydrogen-bond acceptors (Lipinski definition) is 4. The van der Waals surface area contributed by atoms with Crippen LogP contribution in [0, 0.1) is 5.92 Å². The third kappa shape index (κ3) is 9.07. The number of halogens is 1. The fourth-order valence-corrected chi connectivity index (χ4v) is 2.64. The predicted octanol–water partition coefficient (Wildman–Crippen LogP) is 1.08. The number of morpholine rings is 1. The van der Waals surface area contributed by atoms with E-state index < -0.39 is 0 Å². The van der Waals surface area contributed by atoms with Crippen LogP contribution in [0.3, 0.4) is 0 Å². The van der Waals surface area contributed by atoms with Gasteiger partial charge in [0, 0.05) is 45.8 Å². The molecular weight excluding hydrogens is 405 g/mol. The van der Waals surface area contributed by atoms with Crippen molar-refractivity contribution in [2.45, 2.75) is 26.8 Å². The van der Waals surface area contributed by atoms with Crippen molar-refractivity contribution in [2.75, 3.05) is 66.6 Å². The Morgan fingerprint density at radius 2 is 1.91 bits per heavy atom. The molecule has 0 aromatic rings. The number of hydrogen-bond donors (Lipinski definition) is 2. The van der Waals surface area contributed by atoms with E-state index in [1.807, 2.05) is 7.05 Å². The van der Waals surface area contributed by atoms with E-state index in [9.17, 15) is 0 Å². The summed E-state index contributed by atoms with van der Waals surface area (Å²) in [5.74, 6) is 1.50. The number of nitrogens with one attached hydrogen (secondary N) is 2. The molecule has 2 N–H and O–H groups in total. The van der Waals surface area contributed by atoms with Gasteiger partial charge >= 0.3 is 0 Å². The van der Waals surface area contributed by atoms with E-state index in [1.54, 1.807) is 0 Å². The largest absolute Gasteiger partial charge is 0.379 e. The quantitative estimate of drug-likeness (QED) is 0.336. The second-order valence-corrected chi connectivity index (χ2v) is 6.24. The monoisotopic (exact) mass is 441 g/mol. The molecule has 1 saturated heterocycles. The van der Waals surface area contributed by atoms with Gasteiger partial charge in [-0.05, 0) is 19.5 Å². The number of guanidine groups is 1. The van der Waals surface area contributed by atoms with Gasteiger partial charge in [-0.2, -0.15) is 0 Å². The van der Waals surface area contributed by atoms with Gasteiger partial charge < -0.3 is 20.3 Å². The summed E-state index contributed by atoms with van der Waals surface area (Å²) in [7, 11) is 3.96. The van der Waals surface area contributed by atoms with Crippen molar-refractivity contribution in [3.63, 3.8) is 0 Å².